The second kappa shape index (κ2) is 30.1. The van der Waals surface area contributed by atoms with Gasteiger partial charge in [0.25, 0.3) is 0 Å². The molecule has 0 spiro atoms. The van der Waals surface area contributed by atoms with Crippen LogP contribution in [-0.4, -0.2) is 6.00 Å². The molecule has 1 atom stereocenters. The van der Waals surface area contributed by atoms with Gasteiger partial charge in [0.05, 0.1) is 0 Å². The average molecular weight is 598 g/mol. The summed E-state index contributed by atoms with van der Waals surface area (Å²) in [4.78, 5) is 0. The van der Waals surface area contributed by atoms with Gasteiger partial charge in [0, 0.05) is 0 Å². The molecule has 0 rings (SSSR count). The van der Waals surface area contributed by atoms with Crippen LogP contribution < -0.4 is 0 Å². The van der Waals surface area contributed by atoms with Gasteiger partial charge in [0.1, 0.15) is 0 Å². The van der Waals surface area contributed by atoms with Crippen molar-refractivity contribution in [2.75, 3.05) is 0 Å². The minimum absolute atomic E-state index is 0.368. The van der Waals surface area contributed by atoms with Crippen molar-refractivity contribution in [3.63, 3.8) is 0 Å². The first-order valence-corrected chi connectivity index (χ1v) is 22.2. The van der Waals surface area contributed by atoms with Crippen LogP contribution in [0, 0.1) is 0 Å². The Bertz CT molecular complexity index is 424. The summed E-state index contributed by atoms with van der Waals surface area (Å²) < 4.78 is 0. The third-order valence-electron chi connectivity index (χ3n) is 8.28. The van der Waals surface area contributed by atoms with E-state index in [0.717, 1.165) is 12.8 Å². The molecular formula is C33H67Cl3Si. The molecule has 0 aliphatic carbocycles. The van der Waals surface area contributed by atoms with Gasteiger partial charge in [0.15, 0.2) is 0 Å². The first-order valence-electron chi connectivity index (χ1n) is 17.1. The van der Waals surface area contributed by atoms with Crippen molar-refractivity contribution in [2.45, 2.75) is 212 Å². The standard InChI is InChI=1S/C33H67Cl3Si/c1-3-5-7-9-11-13-14-15-16-17-18-19-20-21-22-24-26-28-30-32-33(37(34,35)36)31-29-27-25-23-12-10-8-6-4-2/h33H,3-32H2,1-2H3. The Labute approximate surface area is 250 Å². The van der Waals surface area contributed by atoms with Crippen molar-refractivity contribution in [3.05, 3.63) is 0 Å². The number of hydrogen-bond donors (Lipinski definition) is 0. The number of rotatable bonds is 31. The largest absolute Gasteiger partial charge is 0.344 e. The van der Waals surface area contributed by atoms with Gasteiger partial charge in [-0.05, 0) is 18.4 Å². The highest BCUT2D eigenvalue weighted by Crippen LogP contribution is 2.41. The Kier molecular flexibility index (Phi) is 30.9. The Balaban J connectivity index is 3.45. The zero-order chi connectivity index (χ0) is 27.3. The van der Waals surface area contributed by atoms with Crippen LogP contribution in [0.25, 0.3) is 0 Å². The second-order valence-corrected chi connectivity index (χ2v) is 21.0. The van der Waals surface area contributed by atoms with Crippen LogP contribution in [0.2, 0.25) is 5.54 Å². The lowest BCUT2D eigenvalue weighted by atomic mass is 10.0. The van der Waals surface area contributed by atoms with E-state index in [4.69, 9.17) is 33.2 Å². The molecule has 0 aliphatic heterocycles. The lowest BCUT2D eigenvalue weighted by Gasteiger charge is -2.22. The maximum atomic E-state index is 6.47. The summed E-state index contributed by atoms with van der Waals surface area (Å²) in [7, 11) is 0. The molecule has 0 heterocycles. The molecule has 0 amide bonds. The molecule has 37 heavy (non-hydrogen) atoms. The van der Waals surface area contributed by atoms with Crippen molar-refractivity contribution < 1.29 is 0 Å². The minimum Gasteiger partial charge on any atom is -0.126 e. The topological polar surface area (TPSA) is 0 Å². The van der Waals surface area contributed by atoms with E-state index in [1.54, 1.807) is 0 Å². The van der Waals surface area contributed by atoms with Crippen molar-refractivity contribution in [3.8, 4) is 0 Å². The highest BCUT2D eigenvalue weighted by molar-refractivity contribution is 7.65. The van der Waals surface area contributed by atoms with E-state index in [-0.39, 0.29) is 0 Å². The normalized spacial score (nSPS) is 12.9. The molecule has 0 N–H and O–H groups in total. The van der Waals surface area contributed by atoms with Gasteiger partial charge in [-0.15, -0.1) is 33.2 Å². The molecule has 0 aromatic carbocycles. The summed E-state index contributed by atoms with van der Waals surface area (Å²) in [6, 6.07) is -2.57. The smallest absolute Gasteiger partial charge is 0.126 e. The summed E-state index contributed by atoms with van der Waals surface area (Å²) in [6.45, 7) is 4.58. The summed E-state index contributed by atoms with van der Waals surface area (Å²) in [5, 5.41) is 0. The Morgan fingerprint density at radius 3 is 0.703 bits per heavy atom. The average Bonchev–Trinajstić information content (AvgIpc) is 2.87. The van der Waals surface area contributed by atoms with E-state index in [1.807, 2.05) is 0 Å². The van der Waals surface area contributed by atoms with Crippen LogP contribution in [0.15, 0.2) is 0 Å². The van der Waals surface area contributed by atoms with Crippen LogP contribution >= 0.6 is 33.2 Å². The van der Waals surface area contributed by atoms with E-state index >= 15 is 0 Å². The Morgan fingerprint density at radius 2 is 0.514 bits per heavy atom. The van der Waals surface area contributed by atoms with Crippen molar-refractivity contribution in [1.82, 2.24) is 0 Å². The van der Waals surface area contributed by atoms with Gasteiger partial charge in [-0.3, -0.25) is 0 Å². The van der Waals surface area contributed by atoms with E-state index in [9.17, 15) is 0 Å². The molecule has 0 saturated carbocycles. The minimum atomic E-state index is -2.57. The third-order valence-corrected chi connectivity index (χ3v) is 12.6. The number of hydrogen-bond acceptors (Lipinski definition) is 0. The van der Waals surface area contributed by atoms with Gasteiger partial charge in [-0.1, -0.05) is 194 Å². The lowest BCUT2D eigenvalue weighted by Crippen LogP contribution is -2.20. The molecule has 0 fully saturated rings. The molecule has 0 aromatic heterocycles. The highest BCUT2D eigenvalue weighted by Gasteiger charge is 2.35. The van der Waals surface area contributed by atoms with Crippen LogP contribution in [0.1, 0.15) is 206 Å². The maximum Gasteiger partial charge on any atom is 0.344 e. The van der Waals surface area contributed by atoms with Gasteiger partial charge in [-0.25, -0.2) is 0 Å². The fraction of sp³-hybridized carbons (Fsp3) is 1.00. The fourth-order valence-electron chi connectivity index (χ4n) is 5.64. The molecule has 1 unspecified atom stereocenters. The molecule has 0 aromatic rings. The van der Waals surface area contributed by atoms with Gasteiger partial charge < -0.3 is 0 Å². The molecule has 0 saturated heterocycles. The Morgan fingerprint density at radius 1 is 0.324 bits per heavy atom. The van der Waals surface area contributed by atoms with Crippen molar-refractivity contribution in [2.24, 2.45) is 0 Å². The molecule has 0 nitrogen and oxygen atoms in total. The number of unbranched alkanes of at least 4 members (excludes halogenated alkanes) is 26. The first-order chi connectivity index (χ1) is 18.0. The van der Waals surface area contributed by atoms with Crippen molar-refractivity contribution in [1.29, 1.82) is 0 Å². The maximum absolute atomic E-state index is 6.47. The first kappa shape index (κ1) is 38.1. The van der Waals surface area contributed by atoms with Crippen LogP contribution in [-0.2, 0) is 0 Å². The second-order valence-electron chi connectivity index (χ2n) is 12.0. The summed E-state index contributed by atoms with van der Waals surface area (Å²) in [6.07, 6.45) is 41.6. The predicted molar refractivity (Wildman–Crippen MR) is 177 cm³/mol. The molecule has 224 valence electrons. The van der Waals surface area contributed by atoms with E-state index in [1.165, 1.54) is 180 Å². The third kappa shape index (κ3) is 29.9. The SMILES string of the molecule is CCCCCCCCCCCCCCCCCCCCCC(CCCCCCCCCCC)[Si](Cl)(Cl)Cl. The van der Waals surface area contributed by atoms with E-state index in [2.05, 4.69) is 13.8 Å². The molecule has 0 aliphatic rings. The molecule has 0 bridgehead atoms. The van der Waals surface area contributed by atoms with Crippen LogP contribution in [0.5, 0.6) is 0 Å². The zero-order valence-electron chi connectivity index (χ0n) is 25.4. The summed E-state index contributed by atoms with van der Waals surface area (Å²) in [5.74, 6) is 0. The number of halogens is 3. The van der Waals surface area contributed by atoms with Crippen LogP contribution in [0.4, 0.5) is 0 Å². The summed E-state index contributed by atoms with van der Waals surface area (Å²) in [5.41, 5.74) is 0.368. The van der Waals surface area contributed by atoms with Crippen LogP contribution in [0.3, 0.4) is 0 Å². The van der Waals surface area contributed by atoms with Gasteiger partial charge in [0.2, 0.25) is 0 Å². The zero-order valence-corrected chi connectivity index (χ0v) is 28.7. The van der Waals surface area contributed by atoms with Gasteiger partial charge >= 0.3 is 6.00 Å². The van der Waals surface area contributed by atoms with E-state index in [0.29, 0.717) is 5.54 Å². The molecule has 0 radical (unpaired) electrons. The monoisotopic (exact) mass is 596 g/mol. The predicted octanol–water partition coefficient (Wildman–Crippen LogP) is 14.8. The lowest BCUT2D eigenvalue weighted by molar-refractivity contribution is 0.511. The van der Waals surface area contributed by atoms with Gasteiger partial charge in [-0.2, -0.15) is 0 Å². The summed E-state index contributed by atoms with van der Waals surface area (Å²) >= 11 is 19.4. The van der Waals surface area contributed by atoms with E-state index < -0.39 is 6.00 Å². The molecular weight excluding hydrogens is 531 g/mol. The Hall–Kier alpha value is 1.09. The fourth-order valence-corrected chi connectivity index (χ4v) is 8.67. The quantitative estimate of drug-likeness (QED) is 0.0423. The molecule has 4 heteroatoms. The highest BCUT2D eigenvalue weighted by atomic mass is 35.8. The van der Waals surface area contributed by atoms with Crippen molar-refractivity contribution >= 4 is 39.2 Å².